The van der Waals surface area contributed by atoms with Crippen LogP contribution in [0.1, 0.15) is 30.6 Å². The number of pyridine rings is 1. The van der Waals surface area contributed by atoms with Gasteiger partial charge in [0.25, 0.3) is 0 Å². The monoisotopic (exact) mass is 355 g/mol. The molecule has 0 aliphatic rings. The number of halogens is 2. The molecule has 1 heterocycles. The summed E-state index contributed by atoms with van der Waals surface area (Å²) >= 11 is 9.31. The summed E-state index contributed by atoms with van der Waals surface area (Å²) in [5.74, 6) is 0.663. The van der Waals surface area contributed by atoms with Gasteiger partial charge in [0.2, 0.25) is 0 Å². The molecule has 2 rings (SSSR count). The maximum atomic E-state index is 10.4. The van der Waals surface area contributed by atoms with Gasteiger partial charge in [-0.1, -0.05) is 24.6 Å². The van der Waals surface area contributed by atoms with E-state index >= 15 is 0 Å². The fraction of sp³-hybridized carbons (Fsp3) is 0.267. The number of aliphatic hydroxyl groups is 1. The van der Waals surface area contributed by atoms with E-state index in [4.69, 9.17) is 16.3 Å². The highest BCUT2D eigenvalue weighted by molar-refractivity contribution is 9.10. The molecular weight excluding hydrogens is 342 g/mol. The van der Waals surface area contributed by atoms with Crippen LogP contribution < -0.4 is 4.74 Å². The molecule has 0 saturated heterocycles. The Bertz CT molecular complexity index is 592. The maximum absolute atomic E-state index is 10.4. The van der Waals surface area contributed by atoms with Crippen molar-refractivity contribution in [3.63, 3.8) is 0 Å². The highest BCUT2D eigenvalue weighted by Crippen LogP contribution is 2.29. The summed E-state index contributed by atoms with van der Waals surface area (Å²) in [6.07, 6.45) is 3.44. The van der Waals surface area contributed by atoms with Gasteiger partial charge < -0.3 is 9.84 Å². The Kier molecular flexibility index (Phi) is 5.40. The van der Waals surface area contributed by atoms with Gasteiger partial charge in [-0.25, -0.2) is 0 Å². The number of aromatic nitrogens is 1. The van der Waals surface area contributed by atoms with Gasteiger partial charge in [-0.15, -0.1) is 0 Å². The first kappa shape index (κ1) is 15.3. The minimum atomic E-state index is -0.763. The molecule has 1 aromatic carbocycles. The van der Waals surface area contributed by atoms with Gasteiger partial charge in [0.1, 0.15) is 11.9 Å². The Morgan fingerprint density at radius 3 is 2.80 bits per heavy atom. The fourth-order valence-electron chi connectivity index (χ4n) is 1.76. The van der Waals surface area contributed by atoms with E-state index in [1.54, 1.807) is 36.7 Å². The van der Waals surface area contributed by atoms with Crippen molar-refractivity contribution in [3.05, 3.63) is 57.3 Å². The summed E-state index contributed by atoms with van der Waals surface area (Å²) in [6.45, 7) is 2.67. The third-order valence-electron chi connectivity index (χ3n) is 2.78. The molecule has 0 spiro atoms. The number of rotatable bonds is 5. The van der Waals surface area contributed by atoms with Crippen molar-refractivity contribution >= 4 is 27.5 Å². The number of hydrogen-bond donors (Lipinski definition) is 1. The number of hydrogen-bond acceptors (Lipinski definition) is 3. The quantitative estimate of drug-likeness (QED) is 0.865. The smallest absolute Gasteiger partial charge is 0.137 e. The first-order valence-corrected chi connectivity index (χ1v) is 7.49. The zero-order valence-corrected chi connectivity index (χ0v) is 13.4. The minimum absolute atomic E-state index is 0.610. The zero-order chi connectivity index (χ0) is 14.5. The van der Waals surface area contributed by atoms with Crippen molar-refractivity contribution in [2.24, 2.45) is 0 Å². The first-order valence-electron chi connectivity index (χ1n) is 6.32. The van der Waals surface area contributed by atoms with E-state index in [2.05, 4.69) is 20.9 Å². The Balaban J connectivity index is 2.23. The molecule has 1 unspecified atom stereocenters. The van der Waals surface area contributed by atoms with Crippen LogP contribution in [-0.2, 0) is 0 Å². The highest BCUT2D eigenvalue weighted by Gasteiger charge is 2.13. The standard InChI is InChI=1S/C15H15BrClNO2/c1-2-5-20-12-6-11(8-18-9-12)15(19)10-3-4-14(17)13(16)7-10/h3-4,6-9,15,19H,2,5H2,1H3. The molecular formula is C15H15BrClNO2. The summed E-state index contributed by atoms with van der Waals surface area (Å²) in [6, 6.07) is 7.13. The van der Waals surface area contributed by atoms with Crippen molar-refractivity contribution in [1.82, 2.24) is 4.98 Å². The Morgan fingerprint density at radius 1 is 1.30 bits per heavy atom. The molecule has 0 fully saturated rings. The van der Waals surface area contributed by atoms with Gasteiger partial charge in [-0.05, 0) is 46.1 Å². The molecule has 2 aromatic rings. The average Bonchev–Trinajstić information content (AvgIpc) is 2.47. The summed E-state index contributed by atoms with van der Waals surface area (Å²) in [5.41, 5.74) is 1.43. The van der Waals surface area contributed by atoms with Crippen molar-refractivity contribution in [2.45, 2.75) is 19.4 Å². The van der Waals surface area contributed by atoms with Crippen LogP contribution in [0.2, 0.25) is 5.02 Å². The molecule has 3 nitrogen and oxygen atoms in total. The Morgan fingerprint density at radius 2 is 2.10 bits per heavy atom. The van der Waals surface area contributed by atoms with Crippen LogP contribution in [0, 0.1) is 0 Å². The van der Waals surface area contributed by atoms with Crippen molar-refractivity contribution in [1.29, 1.82) is 0 Å². The van der Waals surface area contributed by atoms with Gasteiger partial charge >= 0.3 is 0 Å². The Hall–Kier alpha value is -1.10. The lowest BCUT2D eigenvalue weighted by Crippen LogP contribution is -2.02. The molecule has 1 atom stereocenters. The number of aliphatic hydroxyl groups excluding tert-OH is 1. The molecule has 0 saturated carbocycles. The molecule has 1 aromatic heterocycles. The van der Waals surface area contributed by atoms with E-state index in [1.165, 1.54) is 0 Å². The van der Waals surface area contributed by atoms with E-state index in [-0.39, 0.29) is 0 Å². The van der Waals surface area contributed by atoms with Crippen LogP contribution >= 0.6 is 27.5 Å². The van der Waals surface area contributed by atoms with Gasteiger partial charge in [-0.2, -0.15) is 0 Å². The van der Waals surface area contributed by atoms with Gasteiger partial charge in [0.15, 0.2) is 0 Å². The molecule has 0 aliphatic heterocycles. The van der Waals surface area contributed by atoms with Crippen LogP contribution in [0.5, 0.6) is 5.75 Å². The second kappa shape index (κ2) is 7.07. The average molecular weight is 357 g/mol. The van der Waals surface area contributed by atoms with Crippen LogP contribution in [-0.4, -0.2) is 16.7 Å². The number of benzene rings is 1. The maximum Gasteiger partial charge on any atom is 0.137 e. The van der Waals surface area contributed by atoms with Crippen molar-refractivity contribution in [3.8, 4) is 5.75 Å². The summed E-state index contributed by atoms with van der Waals surface area (Å²) in [5, 5.41) is 11.0. The van der Waals surface area contributed by atoms with Crippen LogP contribution in [0.3, 0.4) is 0 Å². The normalized spacial score (nSPS) is 12.2. The number of ether oxygens (including phenoxy) is 1. The summed E-state index contributed by atoms with van der Waals surface area (Å²) < 4.78 is 6.27. The van der Waals surface area contributed by atoms with Gasteiger partial charge in [0.05, 0.1) is 17.8 Å². The van der Waals surface area contributed by atoms with E-state index in [9.17, 15) is 5.11 Å². The second-order valence-electron chi connectivity index (χ2n) is 4.38. The highest BCUT2D eigenvalue weighted by atomic mass is 79.9. The SMILES string of the molecule is CCCOc1cncc(C(O)c2ccc(Cl)c(Br)c2)c1. The van der Waals surface area contributed by atoms with Crippen molar-refractivity contribution in [2.75, 3.05) is 6.61 Å². The topological polar surface area (TPSA) is 42.4 Å². The number of nitrogens with zero attached hydrogens (tertiary/aromatic N) is 1. The third kappa shape index (κ3) is 3.72. The van der Waals surface area contributed by atoms with E-state index in [0.717, 1.165) is 16.5 Å². The molecule has 0 radical (unpaired) electrons. The molecule has 5 heteroatoms. The lowest BCUT2D eigenvalue weighted by molar-refractivity contribution is 0.218. The van der Waals surface area contributed by atoms with E-state index in [0.29, 0.717) is 22.9 Å². The summed E-state index contributed by atoms with van der Waals surface area (Å²) in [7, 11) is 0. The molecule has 20 heavy (non-hydrogen) atoms. The Labute approximate surface area is 131 Å². The van der Waals surface area contributed by atoms with Gasteiger partial charge in [-0.3, -0.25) is 4.98 Å². The van der Waals surface area contributed by atoms with E-state index in [1.807, 2.05) is 6.92 Å². The zero-order valence-electron chi connectivity index (χ0n) is 11.0. The minimum Gasteiger partial charge on any atom is -0.492 e. The van der Waals surface area contributed by atoms with Crippen LogP contribution in [0.25, 0.3) is 0 Å². The lowest BCUT2D eigenvalue weighted by Gasteiger charge is -2.13. The first-order chi connectivity index (χ1) is 9.61. The van der Waals surface area contributed by atoms with Crippen molar-refractivity contribution < 1.29 is 9.84 Å². The molecule has 106 valence electrons. The molecule has 0 amide bonds. The largest absolute Gasteiger partial charge is 0.492 e. The predicted molar refractivity (Wildman–Crippen MR) is 83.2 cm³/mol. The lowest BCUT2D eigenvalue weighted by atomic mass is 10.0. The molecule has 0 bridgehead atoms. The fourth-order valence-corrected chi connectivity index (χ4v) is 2.27. The molecule has 0 aliphatic carbocycles. The molecule has 1 N–H and O–H groups in total. The van der Waals surface area contributed by atoms with Gasteiger partial charge in [0, 0.05) is 16.2 Å². The van der Waals surface area contributed by atoms with E-state index < -0.39 is 6.10 Å². The third-order valence-corrected chi connectivity index (χ3v) is 4.00. The summed E-state index contributed by atoms with van der Waals surface area (Å²) in [4.78, 5) is 4.10. The van der Waals surface area contributed by atoms with Crippen LogP contribution in [0.15, 0.2) is 41.1 Å². The second-order valence-corrected chi connectivity index (χ2v) is 5.64. The predicted octanol–water partition coefficient (Wildman–Crippen LogP) is 4.37. The van der Waals surface area contributed by atoms with Crippen LogP contribution in [0.4, 0.5) is 0 Å².